The monoisotopic (exact) mass is 303 g/mol. The topological polar surface area (TPSA) is 54.5 Å². The number of nitrogens with zero attached hydrogens (tertiary/aromatic N) is 1. The highest BCUT2D eigenvalue weighted by atomic mass is 35.7. The maximum absolute atomic E-state index is 12.4. The zero-order valence-corrected chi connectivity index (χ0v) is 12.8. The molecule has 0 aliphatic rings. The highest BCUT2D eigenvalue weighted by Gasteiger charge is 2.25. The third-order valence-electron chi connectivity index (χ3n) is 3.10. The van der Waals surface area contributed by atoms with Gasteiger partial charge in [-0.15, -0.1) is 0 Å². The summed E-state index contributed by atoms with van der Waals surface area (Å²) in [7, 11) is 1.44. The van der Waals surface area contributed by atoms with E-state index in [4.69, 9.17) is 10.7 Å². The standard InChI is InChI=1S/C13H18ClNO3S/c1-4-10(3)15(5-2)13(16)11-8-6-7-9-12(11)19(14,17)18/h6-10H,4-5H2,1-3H3. The van der Waals surface area contributed by atoms with Crippen molar-refractivity contribution in [2.24, 2.45) is 0 Å². The lowest BCUT2D eigenvalue weighted by Crippen LogP contribution is -2.38. The minimum atomic E-state index is -3.93. The first-order chi connectivity index (χ1) is 8.82. The summed E-state index contributed by atoms with van der Waals surface area (Å²) in [5.41, 5.74) is 0.125. The molecule has 0 aliphatic carbocycles. The van der Waals surface area contributed by atoms with Crippen LogP contribution in [-0.2, 0) is 9.05 Å². The van der Waals surface area contributed by atoms with Crippen molar-refractivity contribution in [1.82, 2.24) is 4.90 Å². The Labute approximate surface area is 118 Å². The first-order valence-electron chi connectivity index (χ1n) is 6.17. The molecule has 1 rings (SSSR count). The van der Waals surface area contributed by atoms with Gasteiger partial charge in [0.05, 0.1) is 10.5 Å². The van der Waals surface area contributed by atoms with Gasteiger partial charge in [0.2, 0.25) is 0 Å². The number of hydrogen-bond donors (Lipinski definition) is 0. The fourth-order valence-electron chi connectivity index (χ4n) is 1.89. The molecule has 1 aromatic carbocycles. The fourth-order valence-corrected chi connectivity index (χ4v) is 2.95. The summed E-state index contributed by atoms with van der Waals surface area (Å²) in [6.07, 6.45) is 0.801. The quantitative estimate of drug-likeness (QED) is 0.786. The number of halogens is 1. The highest BCUT2D eigenvalue weighted by Crippen LogP contribution is 2.22. The molecule has 0 radical (unpaired) electrons. The van der Waals surface area contributed by atoms with Crippen LogP contribution in [0.25, 0.3) is 0 Å². The lowest BCUT2D eigenvalue weighted by molar-refractivity contribution is 0.0696. The fraction of sp³-hybridized carbons (Fsp3) is 0.462. The molecule has 0 N–H and O–H groups in total. The second-order valence-electron chi connectivity index (χ2n) is 4.28. The molecule has 1 atom stereocenters. The van der Waals surface area contributed by atoms with Crippen molar-refractivity contribution in [3.63, 3.8) is 0 Å². The Hall–Kier alpha value is -1.07. The third kappa shape index (κ3) is 3.70. The van der Waals surface area contributed by atoms with Gasteiger partial charge in [0, 0.05) is 23.3 Å². The Morgan fingerprint density at radius 3 is 2.37 bits per heavy atom. The second-order valence-corrected chi connectivity index (χ2v) is 6.82. The Balaban J connectivity index is 3.27. The molecule has 106 valence electrons. The van der Waals surface area contributed by atoms with Gasteiger partial charge in [0.25, 0.3) is 15.0 Å². The van der Waals surface area contributed by atoms with Crippen molar-refractivity contribution < 1.29 is 13.2 Å². The van der Waals surface area contributed by atoms with Gasteiger partial charge in [-0.3, -0.25) is 4.79 Å². The van der Waals surface area contributed by atoms with E-state index in [9.17, 15) is 13.2 Å². The van der Waals surface area contributed by atoms with E-state index >= 15 is 0 Å². The molecule has 0 aromatic heterocycles. The van der Waals surface area contributed by atoms with E-state index < -0.39 is 9.05 Å². The normalized spacial score (nSPS) is 13.1. The average Bonchev–Trinajstić information content (AvgIpc) is 2.38. The van der Waals surface area contributed by atoms with Crippen molar-refractivity contribution in [3.8, 4) is 0 Å². The summed E-state index contributed by atoms with van der Waals surface area (Å²) < 4.78 is 23.0. The lowest BCUT2D eigenvalue weighted by Gasteiger charge is -2.27. The number of amides is 1. The van der Waals surface area contributed by atoms with E-state index in [0.717, 1.165) is 6.42 Å². The molecule has 4 nitrogen and oxygen atoms in total. The molecule has 19 heavy (non-hydrogen) atoms. The van der Waals surface area contributed by atoms with Crippen LogP contribution in [0.1, 0.15) is 37.6 Å². The van der Waals surface area contributed by atoms with E-state index in [1.165, 1.54) is 12.1 Å². The van der Waals surface area contributed by atoms with Crippen molar-refractivity contribution in [2.75, 3.05) is 6.54 Å². The molecule has 1 aromatic rings. The molecule has 1 unspecified atom stereocenters. The first-order valence-corrected chi connectivity index (χ1v) is 8.48. The maximum Gasteiger partial charge on any atom is 0.262 e. The Morgan fingerprint density at radius 2 is 1.89 bits per heavy atom. The van der Waals surface area contributed by atoms with Crippen LogP contribution in [0, 0.1) is 0 Å². The Morgan fingerprint density at radius 1 is 1.32 bits per heavy atom. The van der Waals surface area contributed by atoms with E-state index in [0.29, 0.717) is 6.54 Å². The SMILES string of the molecule is CCC(C)N(CC)C(=O)c1ccccc1S(=O)(=O)Cl. The minimum Gasteiger partial charge on any atom is -0.336 e. The summed E-state index contributed by atoms with van der Waals surface area (Å²) in [5, 5.41) is 0. The van der Waals surface area contributed by atoms with Crippen molar-refractivity contribution in [2.45, 2.75) is 38.1 Å². The molecule has 0 fully saturated rings. The van der Waals surface area contributed by atoms with Crippen LogP contribution in [0.15, 0.2) is 29.2 Å². The highest BCUT2D eigenvalue weighted by molar-refractivity contribution is 8.13. The van der Waals surface area contributed by atoms with Crippen LogP contribution < -0.4 is 0 Å². The molecule has 0 heterocycles. The molecule has 0 bridgehead atoms. The summed E-state index contributed by atoms with van der Waals surface area (Å²) in [6, 6.07) is 6.06. The van der Waals surface area contributed by atoms with Gasteiger partial charge in [-0.25, -0.2) is 8.42 Å². The van der Waals surface area contributed by atoms with Crippen LogP contribution in [0.2, 0.25) is 0 Å². The summed E-state index contributed by atoms with van der Waals surface area (Å²) in [4.78, 5) is 14.0. The van der Waals surface area contributed by atoms with Gasteiger partial charge in [0.1, 0.15) is 0 Å². The first kappa shape index (κ1) is 16.0. The molecular weight excluding hydrogens is 286 g/mol. The Bertz CT molecular complexity index is 557. The van der Waals surface area contributed by atoms with Crippen LogP contribution in [0.5, 0.6) is 0 Å². The van der Waals surface area contributed by atoms with Crippen LogP contribution >= 0.6 is 10.7 Å². The maximum atomic E-state index is 12.4. The number of carbonyl (C=O) groups is 1. The van der Waals surface area contributed by atoms with Gasteiger partial charge in [-0.2, -0.15) is 0 Å². The number of carbonyl (C=O) groups excluding carboxylic acids is 1. The van der Waals surface area contributed by atoms with Crippen LogP contribution in [-0.4, -0.2) is 31.8 Å². The zero-order valence-electron chi connectivity index (χ0n) is 11.3. The van der Waals surface area contributed by atoms with Crippen molar-refractivity contribution in [1.29, 1.82) is 0 Å². The van der Waals surface area contributed by atoms with E-state index in [-0.39, 0.29) is 22.4 Å². The third-order valence-corrected chi connectivity index (χ3v) is 4.48. The zero-order chi connectivity index (χ0) is 14.6. The van der Waals surface area contributed by atoms with Gasteiger partial charge < -0.3 is 4.90 Å². The molecule has 0 spiro atoms. The molecule has 1 amide bonds. The lowest BCUT2D eigenvalue weighted by atomic mass is 10.1. The van der Waals surface area contributed by atoms with Gasteiger partial charge in [-0.1, -0.05) is 19.1 Å². The number of benzene rings is 1. The molecule has 6 heteroatoms. The Kier molecular flexibility index (Phi) is 5.38. The van der Waals surface area contributed by atoms with Crippen LogP contribution in [0.3, 0.4) is 0 Å². The number of hydrogen-bond acceptors (Lipinski definition) is 3. The van der Waals surface area contributed by atoms with Crippen LogP contribution in [0.4, 0.5) is 0 Å². The molecule has 0 saturated heterocycles. The van der Waals surface area contributed by atoms with Gasteiger partial charge in [-0.05, 0) is 32.4 Å². The molecular formula is C13H18ClNO3S. The van der Waals surface area contributed by atoms with Crippen molar-refractivity contribution >= 4 is 25.6 Å². The molecule has 0 saturated carbocycles. The summed E-state index contributed by atoms with van der Waals surface area (Å²) in [5.74, 6) is -0.309. The summed E-state index contributed by atoms with van der Waals surface area (Å²) in [6.45, 7) is 6.29. The van der Waals surface area contributed by atoms with E-state index in [2.05, 4.69) is 0 Å². The average molecular weight is 304 g/mol. The predicted octanol–water partition coefficient (Wildman–Crippen LogP) is 2.87. The second kappa shape index (κ2) is 6.39. The van der Waals surface area contributed by atoms with Gasteiger partial charge in [0.15, 0.2) is 0 Å². The smallest absolute Gasteiger partial charge is 0.262 e. The van der Waals surface area contributed by atoms with Gasteiger partial charge >= 0.3 is 0 Å². The predicted molar refractivity (Wildman–Crippen MR) is 75.9 cm³/mol. The van der Waals surface area contributed by atoms with E-state index in [1.54, 1.807) is 17.0 Å². The molecule has 0 aliphatic heterocycles. The number of rotatable bonds is 5. The van der Waals surface area contributed by atoms with Crippen molar-refractivity contribution in [3.05, 3.63) is 29.8 Å². The summed E-state index contributed by atoms with van der Waals surface area (Å²) >= 11 is 0. The largest absolute Gasteiger partial charge is 0.336 e. The van der Waals surface area contributed by atoms with E-state index in [1.807, 2.05) is 20.8 Å². The minimum absolute atomic E-state index is 0.0450.